The lowest BCUT2D eigenvalue weighted by molar-refractivity contribution is -0.123. The normalized spacial score (nSPS) is 27.5. The molecule has 1 heterocycles. The van der Waals surface area contributed by atoms with Gasteiger partial charge in [-0.1, -0.05) is 13.8 Å². The molecule has 0 bridgehead atoms. The highest BCUT2D eigenvalue weighted by molar-refractivity contribution is 7.99. The van der Waals surface area contributed by atoms with E-state index < -0.39 is 0 Å². The van der Waals surface area contributed by atoms with Crippen LogP contribution in [-0.2, 0) is 4.79 Å². The Balaban J connectivity index is 2.48. The fourth-order valence-electron chi connectivity index (χ4n) is 1.23. The van der Waals surface area contributed by atoms with Crippen molar-refractivity contribution in [2.45, 2.75) is 20.3 Å². The number of rotatable bonds is 1. The summed E-state index contributed by atoms with van der Waals surface area (Å²) in [5.41, 5.74) is 0. The summed E-state index contributed by atoms with van der Waals surface area (Å²) in [7, 11) is 0. The lowest BCUT2D eigenvalue weighted by atomic mass is 9.92. The molecule has 0 aromatic heterocycles. The van der Waals surface area contributed by atoms with Gasteiger partial charge in [0.2, 0.25) is 0 Å². The Morgan fingerprint density at radius 3 is 2.70 bits per heavy atom. The van der Waals surface area contributed by atoms with Crippen LogP contribution in [0, 0.1) is 11.8 Å². The van der Waals surface area contributed by atoms with E-state index in [0.29, 0.717) is 17.6 Å². The van der Waals surface area contributed by atoms with Crippen LogP contribution >= 0.6 is 11.8 Å². The molecule has 1 aliphatic heterocycles. The van der Waals surface area contributed by atoms with Crippen LogP contribution in [0.5, 0.6) is 0 Å². The third-order valence-corrected chi connectivity index (χ3v) is 3.10. The summed E-state index contributed by atoms with van der Waals surface area (Å²) < 4.78 is 0. The van der Waals surface area contributed by atoms with E-state index in [1.54, 1.807) is 0 Å². The van der Waals surface area contributed by atoms with Crippen molar-refractivity contribution < 1.29 is 4.79 Å². The predicted molar refractivity (Wildman–Crippen MR) is 45.3 cm³/mol. The Bertz CT molecular complexity index is 131. The first kappa shape index (κ1) is 8.12. The van der Waals surface area contributed by atoms with E-state index in [9.17, 15) is 4.79 Å². The van der Waals surface area contributed by atoms with Gasteiger partial charge in [0.05, 0.1) is 0 Å². The fraction of sp³-hybridized carbons (Fsp3) is 0.875. The zero-order valence-electron chi connectivity index (χ0n) is 6.59. The number of hydrogen-bond donors (Lipinski definition) is 0. The molecule has 0 aromatic carbocycles. The number of hydrogen-bond acceptors (Lipinski definition) is 2. The van der Waals surface area contributed by atoms with Gasteiger partial charge in [-0.05, 0) is 5.92 Å². The van der Waals surface area contributed by atoms with Crippen LogP contribution in [0.4, 0.5) is 0 Å². The molecule has 0 aromatic rings. The second-order valence-electron chi connectivity index (χ2n) is 3.14. The second kappa shape index (κ2) is 3.42. The van der Waals surface area contributed by atoms with Gasteiger partial charge in [-0.15, -0.1) is 0 Å². The Labute approximate surface area is 66.6 Å². The second-order valence-corrected chi connectivity index (χ2v) is 4.29. The van der Waals surface area contributed by atoms with Gasteiger partial charge >= 0.3 is 0 Å². The van der Waals surface area contributed by atoms with Crippen LogP contribution in [0.1, 0.15) is 20.3 Å². The van der Waals surface area contributed by atoms with Gasteiger partial charge in [-0.2, -0.15) is 11.8 Å². The molecule has 1 unspecified atom stereocenters. The first-order valence-electron chi connectivity index (χ1n) is 3.82. The zero-order valence-corrected chi connectivity index (χ0v) is 7.41. The van der Waals surface area contributed by atoms with Crippen molar-refractivity contribution in [1.29, 1.82) is 0 Å². The maximum atomic E-state index is 11.2. The summed E-state index contributed by atoms with van der Waals surface area (Å²) in [6.07, 6.45) is 0.799. The Kier molecular flexibility index (Phi) is 2.78. The van der Waals surface area contributed by atoms with E-state index in [1.807, 2.05) is 11.8 Å². The van der Waals surface area contributed by atoms with Gasteiger partial charge in [-0.25, -0.2) is 0 Å². The van der Waals surface area contributed by atoms with Crippen molar-refractivity contribution in [3.63, 3.8) is 0 Å². The van der Waals surface area contributed by atoms with Crippen LogP contribution in [0.3, 0.4) is 0 Å². The van der Waals surface area contributed by atoms with Crippen LogP contribution < -0.4 is 0 Å². The summed E-state index contributed by atoms with van der Waals surface area (Å²) in [6.45, 7) is 4.27. The van der Waals surface area contributed by atoms with Crippen LogP contribution in [0.2, 0.25) is 0 Å². The number of carbonyl (C=O) groups is 1. The molecular weight excluding hydrogens is 144 g/mol. The minimum Gasteiger partial charge on any atom is -0.299 e. The Hall–Kier alpha value is 0.0200. The highest BCUT2D eigenvalue weighted by Crippen LogP contribution is 2.25. The molecule has 0 radical (unpaired) electrons. The summed E-state index contributed by atoms with van der Waals surface area (Å²) >= 11 is 1.91. The molecule has 1 nitrogen and oxygen atoms in total. The summed E-state index contributed by atoms with van der Waals surface area (Å²) in [4.78, 5) is 11.2. The van der Waals surface area contributed by atoms with Gasteiger partial charge in [0.15, 0.2) is 0 Å². The van der Waals surface area contributed by atoms with Crippen LogP contribution in [0.25, 0.3) is 0 Å². The van der Waals surface area contributed by atoms with Gasteiger partial charge in [0, 0.05) is 23.8 Å². The lowest BCUT2D eigenvalue weighted by Crippen LogP contribution is -2.26. The molecule has 0 amide bonds. The lowest BCUT2D eigenvalue weighted by Gasteiger charge is -2.22. The maximum Gasteiger partial charge on any atom is 0.137 e. The predicted octanol–water partition coefficient (Wildman–Crippen LogP) is 1.96. The quantitative estimate of drug-likeness (QED) is 0.580. The van der Waals surface area contributed by atoms with Crippen LogP contribution in [0.15, 0.2) is 0 Å². The molecule has 1 fully saturated rings. The third-order valence-electron chi connectivity index (χ3n) is 2.01. The van der Waals surface area contributed by atoms with Crippen LogP contribution in [-0.4, -0.2) is 17.3 Å². The summed E-state index contributed by atoms with van der Waals surface area (Å²) in [5, 5.41) is 0. The summed E-state index contributed by atoms with van der Waals surface area (Å²) in [6, 6.07) is 0. The monoisotopic (exact) mass is 158 g/mol. The average molecular weight is 158 g/mol. The molecule has 10 heavy (non-hydrogen) atoms. The molecule has 1 saturated heterocycles. The minimum absolute atomic E-state index is 0.346. The van der Waals surface area contributed by atoms with E-state index in [2.05, 4.69) is 13.8 Å². The Morgan fingerprint density at radius 2 is 2.30 bits per heavy atom. The van der Waals surface area contributed by atoms with Gasteiger partial charge in [0.25, 0.3) is 0 Å². The van der Waals surface area contributed by atoms with Gasteiger partial charge in [-0.3, -0.25) is 4.79 Å². The first-order chi connectivity index (χ1) is 4.72. The fourth-order valence-corrected chi connectivity index (χ4v) is 2.56. The SMILES string of the molecule is CC(C)C1CSCCC1=O. The average Bonchev–Trinajstić information content (AvgIpc) is 1.88. The first-order valence-corrected chi connectivity index (χ1v) is 4.97. The molecule has 1 aliphatic rings. The highest BCUT2D eigenvalue weighted by atomic mass is 32.2. The van der Waals surface area contributed by atoms with E-state index in [1.165, 1.54) is 0 Å². The van der Waals surface area contributed by atoms with E-state index in [0.717, 1.165) is 17.9 Å². The number of Topliss-reactive ketones (excluding diaryl/α,β-unsaturated/α-hetero) is 1. The standard InChI is InChI=1S/C8H14OS/c1-6(2)7-5-10-4-3-8(7)9/h6-7H,3-5H2,1-2H3. The molecule has 1 atom stereocenters. The van der Waals surface area contributed by atoms with Crippen molar-refractivity contribution in [2.75, 3.05) is 11.5 Å². The topological polar surface area (TPSA) is 17.1 Å². The van der Waals surface area contributed by atoms with E-state index >= 15 is 0 Å². The smallest absolute Gasteiger partial charge is 0.137 e. The number of carbonyl (C=O) groups excluding carboxylic acids is 1. The van der Waals surface area contributed by atoms with Gasteiger partial charge in [0.1, 0.15) is 5.78 Å². The zero-order chi connectivity index (χ0) is 7.56. The molecule has 2 heteroatoms. The van der Waals surface area contributed by atoms with E-state index in [-0.39, 0.29) is 0 Å². The summed E-state index contributed by atoms with van der Waals surface area (Å²) in [5.74, 6) is 3.46. The number of ketones is 1. The van der Waals surface area contributed by atoms with E-state index in [4.69, 9.17) is 0 Å². The molecule has 0 spiro atoms. The molecule has 58 valence electrons. The maximum absolute atomic E-state index is 11.2. The van der Waals surface area contributed by atoms with Crippen molar-refractivity contribution >= 4 is 17.5 Å². The number of thioether (sulfide) groups is 1. The van der Waals surface area contributed by atoms with Crippen molar-refractivity contribution in [2.24, 2.45) is 11.8 Å². The van der Waals surface area contributed by atoms with Crippen molar-refractivity contribution in [3.05, 3.63) is 0 Å². The van der Waals surface area contributed by atoms with Crippen molar-refractivity contribution in [1.82, 2.24) is 0 Å². The molecule has 0 N–H and O–H groups in total. The van der Waals surface area contributed by atoms with Gasteiger partial charge < -0.3 is 0 Å². The third kappa shape index (κ3) is 1.75. The largest absolute Gasteiger partial charge is 0.299 e. The molecule has 0 saturated carbocycles. The molecule has 1 rings (SSSR count). The molecular formula is C8H14OS. The molecule has 0 aliphatic carbocycles. The van der Waals surface area contributed by atoms with Crippen molar-refractivity contribution in [3.8, 4) is 0 Å². The Morgan fingerprint density at radius 1 is 1.60 bits per heavy atom. The highest BCUT2D eigenvalue weighted by Gasteiger charge is 2.24. The minimum atomic E-state index is 0.346.